The molecule has 0 heterocycles. The molecule has 0 aliphatic heterocycles. The fourth-order valence-corrected chi connectivity index (χ4v) is 3.59. The molecule has 1 unspecified atom stereocenters. The Kier molecular flexibility index (Phi) is 8.05. The van der Waals surface area contributed by atoms with E-state index in [1.807, 2.05) is 6.92 Å². The molecular formula is C17H26N2O5S. The predicted molar refractivity (Wildman–Crippen MR) is 95.6 cm³/mol. The van der Waals surface area contributed by atoms with Gasteiger partial charge in [0.25, 0.3) is 5.91 Å². The first-order valence-corrected chi connectivity index (χ1v) is 9.76. The van der Waals surface area contributed by atoms with Gasteiger partial charge in [0.1, 0.15) is 0 Å². The molecule has 8 heteroatoms. The molecule has 1 rings (SSSR count). The van der Waals surface area contributed by atoms with Gasteiger partial charge in [-0.25, -0.2) is 8.42 Å². The van der Waals surface area contributed by atoms with Gasteiger partial charge in [-0.3, -0.25) is 9.59 Å². The smallest absolute Gasteiger partial charge is 0.309 e. The van der Waals surface area contributed by atoms with Crippen molar-refractivity contribution in [3.8, 4) is 0 Å². The fourth-order valence-electron chi connectivity index (χ4n) is 2.09. The maximum atomic E-state index is 12.5. The molecular weight excluding hydrogens is 344 g/mol. The number of carbonyl (C=O) groups excluding carboxylic acids is 2. The summed E-state index contributed by atoms with van der Waals surface area (Å²) in [5.41, 5.74) is 0.331. The van der Waals surface area contributed by atoms with Gasteiger partial charge in [0.05, 0.1) is 10.8 Å². The largest absolute Gasteiger partial charge is 0.455 e. The summed E-state index contributed by atoms with van der Waals surface area (Å²) in [6.07, 6.45) is 0.631. The Balaban J connectivity index is 2.79. The number of sulfonamides is 1. The van der Waals surface area contributed by atoms with Crippen LogP contribution in [-0.2, 0) is 24.3 Å². The van der Waals surface area contributed by atoms with E-state index < -0.39 is 28.5 Å². The van der Waals surface area contributed by atoms with Crippen molar-refractivity contribution in [1.29, 1.82) is 0 Å². The number of hydrogen-bond acceptors (Lipinski definition) is 5. The summed E-state index contributed by atoms with van der Waals surface area (Å²) < 4.78 is 31.3. The molecule has 1 N–H and O–H groups in total. The van der Waals surface area contributed by atoms with E-state index in [0.717, 1.165) is 0 Å². The van der Waals surface area contributed by atoms with E-state index in [1.165, 1.54) is 16.4 Å². The van der Waals surface area contributed by atoms with Crippen molar-refractivity contribution in [3.63, 3.8) is 0 Å². The van der Waals surface area contributed by atoms with Gasteiger partial charge in [-0.1, -0.05) is 33.8 Å². The summed E-state index contributed by atoms with van der Waals surface area (Å²) in [4.78, 5) is 23.6. The molecule has 0 aromatic heterocycles. The molecule has 0 saturated carbocycles. The summed E-state index contributed by atoms with van der Waals surface area (Å²) in [5.74, 6) is -1.22. The Hall–Kier alpha value is -1.93. The molecule has 0 fully saturated rings. The van der Waals surface area contributed by atoms with Crippen molar-refractivity contribution >= 4 is 27.6 Å². The zero-order valence-corrected chi connectivity index (χ0v) is 15.9. The van der Waals surface area contributed by atoms with Gasteiger partial charge >= 0.3 is 5.97 Å². The van der Waals surface area contributed by atoms with E-state index in [9.17, 15) is 18.0 Å². The number of amides is 1. The lowest BCUT2D eigenvalue weighted by Gasteiger charge is -2.18. The summed E-state index contributed by atoms with van der Waals surface area (Å²) in [6, 6.07) is 6.00. The first-order chi connectivity index (χ1) is 11.8. The molecule has 0 aliphatic carbocycles. The van der Waals surface area contributed by atoms with Gasteiger partial charge in [-0.2, -0.15) is 4.31 Å². The number of esters is 1. The number of benzene rings is 1. The fraction of sp³-hybridized carbons (Fsp3) is 0.529. The topological polar surface area (TPSA) is 92.8 Å². The van der Waals surface area contributed by atoms with Gasteiger partial charge in [-0.15, -0.1) is 0 Å². The lowest BCUT2D eigenvalue weighted by Crippen LogP contribution is -2.30. The minimum atomic E-state index is -3.60. The Morgan fingerprint density at radius 3 is 2.40 bits per heavy atom. The van der Waals surface area contributed by atoms with Crippen LogP contribution >= 0.6 is 0 Å². The minimum Gasteiger partial charge on any atom is -0.455 e. The van der Waals surface area contributed by atoms with Crippen LogP contribution in [0.1, 0.15) is 34.1 Å². The quantitative estimate of drug-likeness (QED) is 0.673. The number of carbonyl (C=O) groups is 2. The summed E-state index contributed by atoms with van der Waals surface area (Å²) in [7, 11) is -3.60. The normalized spacial score (nSPS) is 12.7. The lowest BCUT2D eigenvalue weighted by molar-refractivity contribution is -0.151. The van der Waals surface area contributed by atoms with Crippen LogP contribution < -0.4 is 5.32 Å². The van der Waals surface area contributed by atoms with E-state index in [4.69, 9.17) is 4.74 Å². The molecule has 7 nitrogen and oxygen atoms in total. The highest BCUT2D eigenvalue weighted by Gasteiger charge is 2.22. The average molecular weight is 370 g/mol. The van der Waals surface area contributed by atoms with Gasteiger partial charge in [0.2, 0.25) is 10.0 Å². The molecule has 1 aromatic rings. The van der Waals surface area contributed by atoms with Crippen LogP contribution in [0.5, 0.6) is 0 Å². The number of nitrogens with one attached hydrogen (secondary N) is 1. The van der Waals surface area contributed by atoms with Crippen LogP contribution in [0.15, 0.2) is 29.2 Å². The third kappa shape index (κ3) is 5.82. The Morgan fingerprint density at radius 2 is 1.84 bits per heavy atom. The Morgan fingerprint density at radius 1 is 1.20 bits per heavy atom. The molecule has 0 bridgehead atoms. The van der Waals surface area contributed by atoms with Crippen molar-refractivity contribution in [2.75, 3.05) is 25.0 Å². The van der Waals surface area contributed by atoms with E-state index in [2.05, 4.69) is 5.32 Å². The van der Waals surface area contributed by atoms with Crippen molar-refractivity contribution < 1.29 is 22.7 Å². The monoisotopic (exact) mass is 370 g/mol. The van der Waals surface area contributed by atoms with E-state index >= 15 is 0 Å². The van der Waals surface area contributed by atoms with Crippen molar-refractivity contribution in [2.24, 2.45) is 5.92 Å². The number of rotatable bonds is 9. The predicted octanol–water partition coefficient (Wildman–Crippen LogP) is 2.24. The lowest BCUT2D eigenvalue weighted by atomic mass is 10.1. The van der Waals surface area contributed by atoms with Crippen LogP contribution in [0.4, 0.5) is 5.69 Å². The highest BCUT2D eigenvalue weighted by atomic mass is 32.2. The average Bonchev–Trinajstić information content (AvgIpc) is 2.60. The third-order valence-electron chi connectivity index (χ3n) is 3.82. The van der Waals surface area contributed by atoms with Crippen LogP contribution in [0.25, 0.3) is 0 Å². The molecule has 0 radical (unpaired) electrons. The second-order valence-electron chi connectivity index (χ2n) is 5.58. The first kappa shape index (κ1) is 21.1. The maximum Gasteiger partial charge on any atom is 0.309 e. The standard InChI is InChI=1S/C17H26N2O5S/c1-5-13(4)17(21)24-12-16(20)18-14-9-8-10-15(11-14)25(22,23)19(6-2)7-3/h8-11,13H,5-7,12H2,1-4H3,(H,18,20). The van der Waals surface area contributed by atoms with Crippen molar-refractivity contribution in [2.45, 2.75) is 39.0 Å². The summed E-state index contributed by atoms with van der Waals surface area (Å²) in [5, 5.41) is 2.54. The number of hydrogen-bond donors (Lipinski definition) is 1. The second kappa shape index (κ2) is 9.53. The van der Waals surface area contributed by atoms with Gasteiger partial charge in [0, 0.05) is 18.8 Å². The second-order valence-corrected chi connectivity index (χ2v) is 7.52. The molecule has 25 heavy (non-hydrogen) atoms. The van der Waals surface area contributed by atoms with Gasteiger partial charge in [0.15, 0.2) is 6.61 Å². The zero-order valence-electron chi connectivity index (χ0n) is 15.1. The van der Waals surface area contributed by atoms with Crippen LogP contribution in [0.3, 0.4) is 0 Å². The number of ether oxygens (including phenoxy) is 1. The number of anilines is 1. The van der Waals surface area contributed by atoms with E-state index in [0.29, 0.717) is 25.2 Å². The van der Waals surface area contributed by atoms with Gasteiger partial charge in [-0.05, 0) is 24.6 Å². The Labute approximate surface area is 149 Å². The van der Waals surface area contributed by atoms with Gasteiger partial charge < -0.3 is 10.1 Å². The molecule has 1 aromatic carbocycles. The highest BCUT2D eigenvalue weighted by molar-refractivity contribution is 7.89. The molecule has 0 spiro atoms. The molecule has 140 valence electrons. The van der Waals surface area contributed by atoms with E-state index in [-0.39, 0.29) is 10.8 Å². The van der Waals surface area contributed by atoms with Crippen molar-refractivity contribution in [3.05, 3.63) is 24.3 Å². The first-order valence-electron chi connectivity index (χ1n) is 8.32. The molecule has 0 aliphatic rings. The summed E-state index contributed by atoms with van der Waals surface area (Å²) >= 11 is 0. The Bertz CT molecular complexity index is 699. The van der Waals surface area contributed by atoms with Crippen LogP contribution in [0.2, 0.25) is 0 Å². The van der Waals surface area contributed by atoms with Crippen molar-refractivity contribution in [1.82, 2.24) is 4.31 Å². The minimum absolute atomic E-state index is 0.102. The molecule has 0 saturated heterocycles. The van der Waals surface area contributed by atoms with Crippen LogP contribution in [-0.4, -0.2) is 44.3 Å². The molecule has 1 amide bonds. The molecule has 1 atom stereocenters. The van der Waals surface area contributed by atoms with E-state index in [1.54, 1.807) is 32.9 Å². The highest BCUT2D eigenvalue weighted by Crippen LogP contribution is 2.19. The third-order valence-corrected chi connectivity index (χ3v) is 5.87. The maximum absolute atomic E-state index is 12.5. The zero-order chi connectivity index (χ0) is 19.0. The number of nitrogens with zero attached hydrogens (tertiary/aromatic N) is 1. The SMILES string of the molecule is CCC(C)C(=O)OCC(=O)Nc1cccc(S(=O)(=O)N(CC)CC)c1. The summed E-state index contributed by atoms with van der Waals surface area (Å²) in [6.45, 7) is 7.42. The van der Waals surface area contributed by atoms with Crippen LogP contribution in [0, 0.1) is 5.92 Å².